The van der Waals surface area contributed by atoms with Crippen molar-refractivity contribution in [1.82, 2.24) is 24.5 Å². The first-order valence-electron chi connectivity index (χ1n) is 9.83. The fourth-order valence-corrected chi connectivity index (χ4v) is 4.65. The van der Waals surface area contributed by atoms with Crippen molar-refractivity contribution in [2.45, 2.75) is 24.9 Å². The van der Waals surface area contributed by atoms with Gasteiger partial charge in [-0.05, 0) is 44.0 Å². The predicted octanol–water partition coefficient (Wildman–Crippen LogP) is 3.75. The lowest BCUT2D eigenvalue weighted by atomic mass is 10.1. The lowest BCUT2D eigenvalue weighted by Crippen LogP contribution is -2.30. The first-order chi connectivity index (χ1) is 14.6. The Kier molecular flexibility index (Phi) is 4.71. The summed E-state index contributed by atoms with van der Waals surface area (Å²) in [7, 11) is 0. The van der Waals surface area contributed by atoms with Gasteiger partial charge in [0.1, 0.15) is 5.82 Å². The standard InChI is InChI=1S/C22H19N5O2S/c1-14-23-19-17-10-4-5-11-18(17)24-22(27(19)25-14)30-13-7-6-12-26-20(28)15-8-2-3-9-16(15)21(26)29/h2-5,8-11H,6-7,12-13H2,1H3. The summed E-state index contributed by atoms with van der Waals surface area (Å²) in [6.07, 6.45) is 1.59. The molecule has 1 aliphatic rings. The van der Waals surface area contributed by atoms with E-state index < -0.39 is 0 Å². The zero-order valence-corrected chi connectivity index (χ0v) is 17.2. The number of hydrogen-bond donors (Lipinski definition) is 0. The third-order valence-electron chi connectivity index (χ3n) is 5.14. The van der Waals surface area contributed by atoms with E-state index in [1.165, 1.54) is 4.90 Å². The van der Waals surface area contributed by atoms with Crippen LogP contribution in [0.3, 0.4) is 0 Å². The van der Waals surface area contributed by atoms with Crippen LogP contribution in [0.2, 0.25) is 0 Å². The Morgan fingerprint density at radius 2 is 1.60 bits per heavy atom. The van der Waals surface area contributed by atoms with Gasteiger partial charge in [-0.25, -0.2) is 9.97 Å². The van der Waals surface area contributed by atoms with E-state index >= 15 is 0 Å². The summed E-state index contributed by atoms with van der Waals surface area (Å²) in [4.78, 5) is 35.5. The van der Waals surface area contributed by atoms with Gasteiger partial charge in [0.15, 0.2) is 10.8 Å². The molecule has 0 saturated carbocycles. The normalized spacial score (nSPS) is 13.6. The summed E-state index contributed by atoms with van der Waals surface area (Å²) in [6, 6.07) is 14.9. The SMILES string of the molecule is Cc1nc2c3ccccc3nc(SCCCCN3C(=O)c4ccccc4C3=O)n2n1. The number of hydrogen-bond acceptors (Lipinski definition) is 6. The molecule has 0 spiro atoms. The quantitative estimate of drug-likeness (QED) is 0.206. The van der Waals surface area contributed by atoms with E-state index in [2.05, 4.69) is 10.1 Å². The molecule has 5 rings (SSSR count). The van der Waals surface area contributed by atoms with Crippen molar-refractivity contribution in [2.24, 2.45) is 0 Å². The molecule has 2 amide bonds. The number of carbonyl (C=O) groups excluding carboxylic acids is 2. The average molecular weight is 417 g/mol. The van der Waals surface area contributed by atoms with Crippen LogP contribution in [0, 0.1) is 6.92 Å². The van der Waals surface area contributed by atoms with Crippen LogP contribution in [-0.4, -0.2) is 48.6 Å². The monoisotopic (exact) mass is 417 g/mol. The molecular formula is C22H19N5O2S. The summed E-state index contributed by atoms with van der Waals surface area (Å²) < 4.78 is 1.80. The molecule has 150 valence electrons. The fraction of sp³-hybridized carbons (Fsp3) is 0.227. The van der Waals surface area contributed by atoms with E-state index in [0.717, 1.165) is 40.3 Å². The number of unbranched alkanes of at least 4 members (excludes halogenated alkanes) is 1. The average Bonchev–Trinajstić information content (AvgIpc) is 3.27. The van der Waals surface area contributed by atoms with E-state index in [0.29, 0.717) is 23.5 Å². The van der Waals surface area contributed by atoms with Crippen LogP contribution >= 0.6 is 11.8 Å². The van der Waals surface area contributed by atoms with E-state index in [1.807, 2.05) is 31.2 Å². The second-order valence-corrected chi connectivity index (χ2v) is 8.23. The predicted molar refractivity (Wildman–Crippen MR) is 115 cm³/mol. The molecular weight excluding hydrogens is 398 g/mol. The van der Waals surface area contributed by atoms with Gasteiger partial charge in [-0.1, -0.05) is 36.0 Å². The first kappa shape index (κ1) is 18.7. The zero-order chi connectivity index (χ0) is 20.7. The zero-order valence-electron chi connectivity index (χ0n) is 16.4. The number of carbonyl (C=O) groups is 2. The van der Waals surface area contributed by atoms with Gasteiger partial charge >= 0.3 is 0 Å². The van der Waals surface area contributed by atoms with Crippen molar-refractivity contribution in [1.29, 1.82) is 0 Å². The first-order valence-corrected chi connectivity index (χ1v) is 10.8. The Morgan fingerprint density at radius 1 is 0.900 bits per heavy atom. The highest BCUT2D eigenvalue weighted by Crippen LogP contribution is 2.25. The van der Waals surface area contributed by atoms with E-state index in [9.17, 15) is 9.59 Å². The van der Waals surface area contributed by atoms with E-state index in [-0.39, 0.29) is 11.8 Å². The van der Waals surface area contributed by atoms with Crippen molar-refractivity contribution in [3.8, 4) is 0 Å². The van der Waals surface area contributed by atoms with Crippen LogP contribution in [0.15, 0.2) is 53.7 Å². The third kappa shape index (κ3) is 3.13. The van der Waals surface area contributed by atoms with Crippen LogP contribution in [0.1, 0.15) is 39.4 Å². The van der Waals surface area contributed by atoms with Crippen LogP contribution < -0.4 is 0 Å². The van der Waals surface area contributed by atoms with Gasteiger partial charge in [0, 0.05) is 17.7 Å². The van der Waals surface area contributed by atoms with Gasteiger partial charge in [-0.15, -0.1) is 5.10 Å². The molecule has 2 aromatic carbocycles. The molecule has 0 N–H and O–H groups in total. The molecule has 8 heteroatoms. The highest BCUT2D eigenvalue weighted by molar-refractivity contribution is 7.99. The molecule has 0 fully saturated rings. The summed E-state index contributed by atoms with van der Waals surface area (Å²) in [5, 5.41) is 6.27. The molecule has 2 aromatic heterocycles. The number of benzene rings is 2. The molecule has 4 aromatic rings. The number of fused-ring (bicyclic) bond motifs is 4. The Labute approximate surface area is 177 Å². The minimum absolute atomic E-state index is 0.195. The maximum atomic E-state index is 12.4. The molecule has 7 nitrogen and oxygen atoms in total. The molecule has 1 aliphatic heterocycles. The summed E-state index contributed by atoms with van der Waals surface area (Å²) in [5.74, 6) is 1.13. The van der Waals surface area contributed by atoms with E-state index in [1.54, 1.807) is 40.5 Å². The maximum absolute atomic E-state index is 12.4. The lowest BCUT2D eigenvalue weighted by molar-refractivity contribution is 0.0652. The van der Waals surface area contributed by atoms with Gasteiger partial charge in [0.25, 0.3) is 11.8 Å². The largest absolute Gasteiger partial charge is 0.274 e. The van der Waals surface area contributed by atoms with Crippen molar-refractivity contribution in [2.75, 3.05) is 12.3 Å². The molecule has 0 saturated heterocycles. The maximum Gasteiger partial charge on any atom is 0.261 e. The van der Waals surface area contributed by atoms with Crippen molar-refractivity contribution >= 4 is 40.1 Å². The summed E-state index contributed by atoms with van der Waals surface area (Å²) in [5.41, 5.74) is 2.71. The highest BCUT2D eigenvalue weighted by Gasteiger charge is 2.34. The number of rotatable bonds is 6. The van der Waals surface area contributed by atoms with Gasteiger partial charge in [-0.2, -0.15) is 4.52 Å². The molecule has 0 bridgehead atoms. The minimum Gasteiger partial charge on any atom is -0.274 e. The van der Waals surface area contributed by atoms with Gasteiger partial charge in [0.2, 0.25) is 0 Å². The molecule has 30 heavy (non-hydrogen) atoms. The van der Waals surface area contributed by atoms with Crippen molar-refractivity contribution in [3.05, 3.63) is 65.5 Å². The molecule has 0 radical (unpaired) electrons. The van der Waals surface area contributed by atoms with Gasteiger partial charge in [-0.3, -0.25) is 14.5 Å². The minimum atomic E-state index is -0.195. The second-order valence-electron chi connectivity index (χ2n) is 7.17. The Bertz CT molecular complexity index is 1260. The van der Waals surface area contributed by atoms with Crippen LogP contribution in [0.4, 0.5) is 0 Å². The highest BCUT2D eigenvalue weighted by atomic mass is 32.2. The number of amides is 2. The number of imide groups is 1. The molecule has 0 atom stereocenters. The van der Waals surface area contributed by atoms with Gasteiger partial charge < -0.3 is 0 Å². The number of aromatic nitrogens is 4. The van der Waals surface area contributed by atoms with Crippen molar-refractivity contribution < 1.29 is 9.59 Å². The number of nitrogens with zero attached hydrogens (tertiary/aromatic N) is 5. The van der Waals surface area contributed by atoms with Crippen LogP contribution in [0.25, 0.3) is 16.6 Å². The van der Waals surface area contributed by atoms with Gasteiger partial charge in [0.05, 0.1) is 16.6 Å². The van der Waals surface area contributed by atoms with Crippen LogP contribution in [0.5, 0.6) is 0 Å². The molecule has 0 aliphatic carbocycles. The smallest absolute Gasteiger partial charge is 0.261 e. The Hall–Kier alpha value is -3.26. The molecule has 0 unspecified atom stereocenters. The topological polar surface area (TPSA) is 80.5 Å². The summed E-state index contributed by atoms with van der Waals surface area (Å²) in [6.45, 7) is 2.30. The number of aryl methyl sites for hydroxylation is 1. The van der Waals surface area contributed by atoms with Crippen LogP contribution in [-0.2, 0) is 0 Å². The third-order valence-corrected chi connectivity index (χ3v) is 6.16. The lowest BCUT2D eigenvalue weighted by Gasteiger charge is -2.13. The Morgan fingerprint density at radius 3 is 2.37 bits per heavy atom. The van der Waals surface area contributed by atoms with Crippen molar-refractivity contribution in [3.63, 3.8) is 0 Å². The summed E-state index contributed by atoms with van der Waals surface area (Å²) >= 11 is 1.61. The Balaban J connectivity index is 1.24. The number of thioether (sulfide) groups is 1. The number of para-hydroxylation sites is 1. The molecule has 3 heterocycles. The second kappa shape index (κ2) is 7.53. The van der Waals surface area contributed by atoms with E-state index in [4.69, 9.17) is 4.98 Å². The fourth-order valence-electron chi connectivity index (χ4n) is 3.70.